The van der Waals surface area contributed by atoms with E-state index in [0.29, 0.717) is 19.6 Å². The topological polar surface area (TPSA) is 74.0 Å². The monoisotopic (exact) mass is 386 g/mol. The molecule has 1 aliphatic rings. The van der Waals surface area contributed by atoms with E-state index >= 15 is 0 Å². The number of benzene rings is 1. The van der Waals surface area contributed by atoms with Crippen LogP contribution >= 0.6 is 12.4 Å². The lowest BCUT2D eigenvalue weighted by Crippen LogP contribution is -2.46. The number of para-hydroxylation sites is 2. The number of rotatable bonds is 8. The van der Waals surface area contributed by atoms with Crippen molar-refractivity contribution in [2.75, 3.05) is 34.4 Å². The van der Waals surface area contributed by atoms with Crippen LogP contribution in [0.4, 0.5) is 0 Å². The predicted octanol–water partition coefficient (Wildman–Crippen LogP) is 2.49. The highest BCUT2D eigenvalue weighted by Gasteiger charge is 2.33. The number of hydrogen-bond donors (Lipinski definition) is 1. The van der Waals surface area contributed by atoms with Crippen LogP contribution in [-0.2, 0) is 9.53 Å². The van der Waals surface area contributed by atoms with Crippen LogP contribution in [0.1, 0.15) is 25.7 Å². The van der Waals surface area contributed by atoms with Gasteiger partial charge in [-0.05, 0) is 37.8 Å². The van der Waals surface area contributed by atoms with Gasteiger partial charge in [0.2, 0.25) is 5.91 Å². The summed E-state index contributed by atoms with van der Waals surface area (Å²) in [5, 5.41) is 0. The van der Waals surface area contributed by atoms with Gasteiger partial charge in [-0.25, -0.2) is 0 Å². The molecule has 0 bridgehead atoms. The van der Waals surface area contributed by atoms with E-state index in [1.807, 2.05) is 31.3 Å². The Morgan fingerprint density at radius 3 is 2.54 bits per heavy atom. The minimum Gasteiger partial charge on any atom is -0.493 e. The number of halogens is 1. The summed E-state index contributed by atoms with van der Waals surface area (Å²) in [4.78, 5) is 14.4. The summed E-state index contributed by atoms with van der Waals surface area (Å²) < 4.78 is 16.4. The first kappa shape index (κ1) is 22.5. The van der Waals surface area contributed by atoms with Crippen LogP contribution in [0.25, 0.3) is 0 Å². The lowest BCUT2D eigenvalue weighted by atomic mass is 9.83. The minimum absolute atomic E-state index is 0. The Bertz CT molecular complexity index is 558. The quantitative estimate of drug-likeness (QED) is 0.695. The van der Waals surface area contributed by atoms with Gasteiger partial charge in [-0.15, -0.1) is 12.4 Å². The van der Waals surface area contributed by atoms with Crippen molar-refractivity contribution in [1.29, 1.82) is 0 Å². The summed E-state index contributed by atoms with van der Waals surface area (Å²) in [7, 11) is 5.15. The third-order valence-corrected chi connectivity index (χ3v) is 4.83. The normalized spacial score (nSPS) is 22.2. The maximum absolute atomic E-state index is 12.6. The average Bonchev–Trinajstić information content (AvgIpc) is 2.64. The van der Waals surface area contributed by atoms with Crippen molar-refractivity contribution in [2.24, 2.45) is 11.7 Å². The Hall–Kier alpha value is -1.50. The number of nitrogens with zero attached hydrogens (tertiary/aromatic N) is 1. The van der Waals surface area contributed by atoms with Crippen LogP contribution in [0.3, 0.4) is 0 Å². The van der Waals surface area contributed by atoms with Gasteiger partial charge in [-0.3, -0.25) is 4.79 Å². The molecule has 1 aromatic rings. The first-order chi connectivity index (χ1) is 12.1. The molecule has 2 N–H and O–H groups in total. The van der Waals surface area contributed by atoms with E-state index < -0.39 is 0 Å². The lowest BCUT2D eigenvalue weighted by Gasteiger charge is -2.34. The molecule has 0 unspecified atom stereocenters. The second-order valence-corrected chi connectivity index (χ2v) is 6.56. The molecular formula is C19H31ClN2O4. The van der Waals surface area contributed by atoms with Crippen molar-refractivity contribution >= 4 is 18.3 Å². The molecule has 148 valence electrons. The fourth-order valence-electron chi connectivity index (χ4n) is 3.34. The Morgan fingerprint density at radius 2 is 1.92 bits per heavy atom. The molecule has 1 fully saturated rings. The van der Waals surface area contributed by atoms with Crippen molar-refractivity contribution in [2.45, 2.75) is 37.8 Å². The first-order valence-corrected chi connectivity index (χ1v) is 8.86. The fourth-order valence-corrected chi connectivity index (χ4v) is 3.34. The Balaban J connectivity index is 0.00000338. The number of amides is 1. The van der Waals surface area contributed by atoms with E-state index in [0.717, 1.165) is 30.8 Å². The summed E-state index contributed by atoms with van der Waals surface area (Å²) in [6.07, 6.45) is 3.22. The van der Waals surface area contributed by atoms with Crippen LogP contribution in [0, 0.1) is 5.92 Å². The van der Waals surface area contributed by atoms with Crippen molar-refractivity contribution in [3.8, 4) is 11.5 Å². The van der Waals surface area contributed by atoms with Gasteiger partial charge in [0, 0.05) is 32.7 Å². The molecule has 0 aromatic heterocycles. The van der Waals surface area contributed by atoms with E-state index in [2.05, 4.69) is 0 Å². The highest BCUT2D eigenvalue weighted by atomic mass is 35.5. The lowest BCUT2D eigenvalue weighted by molar-refractivity contribution is -0.136. The van der Waals surface area contributed by atoms with E-state index in [9.17, 15) is 4.79 Å². The smallest absolute Gasteiger partial charge is 0.225 e. The number of methoxy groups -OCH3 is 2. The van der Waals surface area contributed by atoms with Crippen molar-refractivity contribution in [3.63, 3.8) is 0 Å². The molecule has 0 saturated heterocycles. The Morgan fingerprint density at radius 1 is 1.23 bits per heavy atom. The van der Waals surface area contributed by atoms with Crippen molar-refractivity contribution in [1.82, 2.24) is 4.90 Å². The van der Waals surface area contributed by atoms with Gasteiger partial charge < -0.3 is 24.8 Å². The van der Waals surface area contributed by atoms with Gasteiger partial charge in [0.15, 0.2) is 11.5 Å². The molecule has 3 atom stereocenters. The van der Waals surface area contributed by atoms with E-state index in [1.54, 1.807) is 19.1 Å². The molecule has 0 aliphatic heterocycles. The van der Waals surface area contributed by atoms with Gasteiger partial charge in [0.05, 0.1) is 19.8 Å². The number of carbonyl (C=O) groups is 1. The maximum atomic E-state index is 12.6. The van der Waals surface area contributed by atoms with Gasteiger partial charge in [0.25, 0.3) is 0 Å². The molecule has 1 saturated carbocycles. The standard InChI is InChI=1S/C19H30N2O4.ClH/c1-21(19(22)14-9-10-16(23-2)15(20)13-14)11-6-12-25-18-8-5-4-7-17(18)24-3;/h4-5,7-8,14-16H,6,9-13,20H2,1-3H3;1H/t14-,15+,16+;/m0./s1. The molecule has 1 aromatic carbocycles. The SMILES string of the molecule is COc1ccccc1OCCCN(C)C(=O)[C@H]1CC[C@@H](OC)[C@H](N)C1.Cl. The van der Waals surface area contributed by atoms with Crippen molar-refractivity contribution < 1.29 is 19.0 Å². The first-order valence-electron chi connectivity index (χ1n) is 8.86. The number of carbonyl (C=O) groups excluding carboxylic acids is 1. The van der Waals surface area contributed by atoms with Crippen LogP contribution in [0.2, 0.25) is 0 Å². The molecule has 0 spiro atoms. The maximum Gasteiger partial charge on any atom is 0.225 e. The largest absolute Gasteiger partial charge is 0.493 e. The zero-order chi connectivity index (χ0) is 18.2. The second kappa shape index (κ2) is 11.3. The van der Waals surface area contributed by atoms with Gasteiger partial charge in [-0.1, -0.05) is 12.1 Å². The predicted molar refractivity (Wildman–Crippen MR) is 104 cm³/mol. The van der Waals surface area contributed by atoms with Crippen LogP contribution in [0.15, 0.2) is 24.3 Å². The molecule has 26 heavy (non-hydrogen) atoms. The third-order valence-electron chi connectivity index (χ3n) is 4.83. The molecule has 0 radical (unpaired) electrons. The molecular weight excluding hydrogens is 356 g/mol. The third kappa shape index (κ3) is 6.04. The molecule has 2 rings (SSSR count). The molecule has 6 nitrogen and oxygen atoms in total. The zero-order valence-electron chi connectivity index (χ0n) is 15.8. The van der Waals surface area contributed by atoms with Crippen LogP contribution in [0.5, 0.6) is 11.5 Å². The minimum atomic E-state index is -0.0602. The summed E-state index contributed by atoms with van der Waals surface area (Å²) in [6, 6.07) is 7.50. The number of ether oxygens (including phenoxy) is 3. The fraction of sp³-hybridized carbons (Fsp3) is 0.632. The van der Waals surface area contributed by atoms with E-state index in [1.165, 1.54) is 0 Å². The molecule has 1 aliphatic carbocycles. The van der Waals surface area contributed by atoms with Crippen LogP contribution in [-0.4, -0.2) is 57.4 Å². The Kier molecular flexibility index (Phi) is 9.76. The average molecular weight is 387 g/mol. The van der Waals surface area contributed by atoms with Gasteiger partial charge in [0.1, 0.15) is 0 Å². The van der Waals surface area contributed by atoms with Crippen molar-refractivity contribution in [3.05, 3.63) is 24.3 Å². The zero-order valence-corrected chi connectivity index (χ0v) is 16.7. The summed E-state index contributed by atoms with van der Waals surface area (Å²) in [5.41, 5.74) is 6.10. The van der Waals surface area contributed by atoms with E-state index in [-0.39, 0.29) is 36.4 Å². The number of hydrogen-bond acceptors (Lipinski definition) is 5. The Labute approximate surface area is 162 Å². The highest BCUT2D eigenvalue weighted by Crippen LogP contribution is 2.27. The van der Waals surface area contributed by atoms with Gasteiger partial charge in [-0.2, -0.15) is 0 Å². The number of nitrogens with two attached hydrogens (primary N) is 1. The van der Waals surface area contributed by atoms with Gasteiger partial charge >= 0.3 is 0 Å². The molecule has 7 heteroatoms. The second-order valence-electron chi connectivity index (χ2n) is 6.56. The highest BCUT2D eigenvalue weighted by molar-refractivity contribution is 5.85. The molecule has 1 amide bonds. The summed E-state index contributed by atoms with van der Waals surface area (Å²) in [5.74, 6) is 1.61. The molecule has 0 heterocycles. The van der Waals surface area contributed by atoms with E-state index in [4.69, 9.17) is 19.9 Å². The van der Waals surface area contributed by atoms with Crippen LogP contribution < -0.4 is 15.2 Å². The summed E-state index contributed by atoms with van der Waals surface area (Å²) in [6.45, 7) is 1.20. The summed E-state index contributed by atoms with van der Waals surface area (Å²) >= 11 is 0.